The van der Waals surface area contributed by atoms with Crippen LogP contribution >= 0.6 is 0 Å². The third-order valence-electron chi connectivity index (χ3n) is 5.36. The fourth-order valence-electron chi connectivity index (χ4n) is 3.44. The lowest BCUT2D eigenvalue weighted by molar-refractivity contribution is 0.116. The van der Waals surface area contributed by atoms with Crippen molar-refractivity contribution in [3.63, 3.8) is 0 Å². The van der Waals surface area contributed by atoms with E-state index in [0.29, 0.717) is 11.3 Å². The molecule has 0 spiro atoms. The first kappa shape index (κ1) is 22.8. The average Bonchev–Trinajstić information content (AvgIpc) is 3.29. The van der Waals surface area contributed by atoms with Gasteiger partial charge in [0.2, 0.25) is 5.89 Å². The van der Waals surface area contributed by atoms with Crippen molar-refractivity contribution in [3.8, 4) is 11.5 Å². The maximum atomic E-state index is 13.3. The van der Waals surface area contributed by atoms with E-state index in [1.165, 1.54) is 0 Å². The molecule has 1 saturated heterocycles. The van der Waals surface area contributed by atoms with E-state index < -0.39 is 22.2 Å². The number of urea groups is 1. The summed E-state index contributed by atoms with van der Waals surface area (Å²) in [5, 5.41) is 6.97. The van der Waals surface area contributed by atoms with Gasteiger partial charge in [-0.2, -0.15) is 8.78 Å². The SMILES string of the molecule is Cc1ccc(N(Cc2ccc(-c3nnc(C(F)F)o3)cc2)C(=O)N2CCS(=O)(=O)CC2)cc1. The van der Waals surface area contributed by atoms with Gasteiger partial charge in [-0.25, -0.2) is 13.2 Å². The van der Waals surface area contributed by atoms with Gasteiger partial charge in [0, 0.05) is 24.3 Å². The van der Waals surface area contributed by atoms with Gasteiger partial charge in [0.1, 0.15) is 0 Å². The number of aromatic nitrogens is 2. The van der Waals surface area contributed by atoms with Crippen molar-refractivity contribution in [2.75, 3.05) is 29.5 Å². The van der Waals surface area contributed by atoms with Crippen LogP contribution in [0.15, 0.2) is 52.9 Å². The molecule has 0 atom stereocenters. The lowest BCUT2D eigenvalue weighted by atomic mass is 10.1. The fourth-order valence-corrected chi connectivity index (χ4v) is 4.64. The molecule has 1 aliphatic heterocycles. The standard InChI is InChI=1S/C22H22F2N4O4S/c1-15-2-8-18(9-3-15)28(22(29)27-10-12-33(30,31)13-11-27)14-16-4-6-17(7-5-16)20-25-26-21(32-20)19(23)24/h2-9,19H,10-14H2,1H3. The van der Waals surface area contributed by atoms with E-state index in [9.17, 15) is 22.0 Å². The van der Waals surface area contributed by atoms with Gasteiger partial charge in [-0.15, -0.1) is 10.2 Å². The van der Waals surface area contributed by atoms with Crippen LogP contribution in [0, 0.1) is 6.92 Å². The first-order valence-corrected chi connectivity index (χ1v) is 12.1. The molecule has 0 N–H and O–H groups in total. The van der Waals surface area contributed by atoms with Crippen LogP contribution in [0.25, 0.3) is 11.5 Å². The Bertz CT molecular complexity index is 1210. The predicted octanol–water partition coefficient (Wildman–Crippen LogP) is 3.84. The number of nitrogens with zero attached hydrogens (tertiary/aromatic N) is 4. The highest BCUT2D eigenvalue weighted by atomic mass is 32.2. The second-order valence-electron chi connectivity index (χ2n) is 7.79. The Morgan fingerprint density at radius 1 is 1.06 bits per heavy atom. The minimum Gasteiger partial charge on any atom is -0.415 e. The van der Waals surface area contributed by atoms with Crippen LogP contribution < -0.4 is 4.90 Å². The van der Waals surface area contributed by atoms with Crippen LogP contribution in [0.4, 0.5) is 19.3 Å². The maximum Gasteiger partial charge on any atom is 0.324 e. The predicted molar refractivity (Wildman–Crippen MR) is 118 cm³/mol. The number of benzene rings is 2. The number of carbonyl (C=O) groups excluding carboxylic acids is 1. The second kappa shape index (κ2) is 9.26. The van der Waals surface area contributed by atoms with Crippen LogP contribution in [0.2, 0.25) is 0 Å². The molecule has 3 aromatic rings. The Balaban J connectivity index is 1.56. The van der Waals surface area contributed by atoms with E-state index in [2.05, 4.69) is 10.2 Å². The highest BCUT2D eigenvalue weighted by Crippen LogP contribution is 2.25. The van der Waals surface area contributed by atoms with E-state index in [1.807, 2.05) is 31.2 Å². The second-order valence-corrected chi connectivity index (χ2v) is 10.1. The van der Waals surface area contributed by atoms with Gasteiger partial charge < -0.3 is 9.32 Å². The van der Waals surface area contributed by atoms with Gasteiger partial charge in [-0.05, 0) is 36.8 Å². The first-order valence-electron chi connectivity index (χ1n) is 10.3. The highest BCUT2D eigenvalue weighted by Gasteiger charge is 2.29. The molecule has 1 aliphatic rings. The quantitative estimate of drug-likeness (QED) is 0.555. The molecule has 2 heterocycles. The number of rotatable bonds is 5. The number of amides is 2. The Morgan fingerprint density at radius 3 is 2.27 bits per heavy atom. The molecular formula is C22H22F2N4O4S. The zero-order valence-corrected chi connectivity index (χ0v) is 18.6. The Kier molecular flexibility index (Phi) is 6.41. The Hall–Kier alpha value is -3.34. The number of alkyl halides is 2. The topological polar surface area (TPSA) is 96.6 Å². The summed E-state index contributed by atoms with van der Waals surface area (Å²) in [7, 11) is -3.12. The molecule has 1 fully saturated rings. The zero-order chi connectivity index (χ0) is 23.6. The summed E-state index contributed by atoms with van der Waals surface area (Å²) in [4.78, 5) is 16.4. The maximum absolute atomic E-state index is 13.3. The van der Waals surface area contributed by atoms with Gasteiger partial charge >= 0.3 is 12.5 Å². The van der Waals surface area contributed by atoms with Gasteiger partial charge in [-0.1, -0.05) is 29.8 Å². The van der Waals surface area contributed by atoms with Crippen molar-refractivity contribution in [1.82, 2.24) is 15.1 Å². The monoisotopic (exact) mass is 476 g/mol. The highest BCUT2D eigenvalue weighted by molar-refractivity contribution is 7.91. The van der Waals surface area contributed by atoms with E-state index in [0.717, 1.165) is 11.1 Å². The van der Waals surface area contributed by atoms with Crippen molar-refractivity contribution in [3.05, 3.63) is 65.5 Å². The summed E-state index contributed by atoms with van der Waals surface area (Å²) in [5.74, 6) is -0.869. The Labute approximate surface area is 189 Å². The minimum atomic E-state index is -3.12. The molecule has 0 unspecified atom stereocenters. The normalized spacial score (nSPS) is 15.6. The van der Waals surface area contributed by atoms with Crippen LogP contribution in [0.3, 0.4) is 0 Å². The number of halogens is 2. The summed E-state index contributed by atoms with van der Waals surface area (Å²) in [6.07, 6.45) is -2.84. The molecule has 0 saturated carbocycles. The van der Waals surface area contributed by atoms with Crippen LogP contribution in [0.1, 0.15) is 23.4 Å². The molecule has 0 bridgehead atoms. The molecular weight excluding hydrogens is 454 g/mol. The smallest absolute Gasteiger partial charge is 0.324 e. The van der Waals surface area contributed by atoms with E-state index in [-0.39, 0.29) is 43.1 Å². The summed E-state index contributed by atoms with van der Waals surface area (Å²) in [6.45, 7) is 2.47. The molecule has 0 aliphatic carbocycles. The number of carbonyl (C=O) groups is 1. The van der Waals surface area contributed by atoms with Gasteiger partial charge in [0.05, 0.1) is 18.1 Å². The number of sulfone groups is 1. The lowest BCUT2D eigenvalue weighted by Crippen LogP contribution is -2.49. The number of anilines is 1. The van der Waals surface area contributed by atoms with E-state index in [1.54, 1.807) is 34.1 Å². The molecule has 174 valence electrons. The molecule has 11 heteroatoms. The van der Waals surface area contributed by atoms with E-state index in [4.69, 9.17) is 4.42 Å². The molecule has 1 aromatic heterocycles. The molecule has 33 heavy (non-hydrogen) atoms. The third-order valence-corrected chi connectivity index (χ3v) is 6.97. The van der Waals surface area contributed by atoms with Crippen molar-refractivity contribution >= 4 is 21.6 Å². The zero-order valence-electron chi connectivity index (χ0n) is 17.8. The Morgan fingerprint density at radius 2 is 1.70 bits per heavy atom. The summed E-state index contributed by atoms with van der Waals surface area (Å²) < 4.78 is 53.9. The van der Waals surface area contributed by atoms with Gasteiger partial charge in [0.25, 0.3) is 5.89 Å². The molecule has 4 rings (SSSR count). The van der Waals surface area contributed by atoms with Crippen LogP contribution in [-0.2, 0) is 16.4 Å². The summed E-state index contributed by atoms with van der Waals surface area (Å²) >= 11 is 0. The largest absolute Gasteiger partial charge is 0.415 e. The average molecular weight is 477 g/mol. The lowest BCUT2D eigenvalue weighted by Gasteiger charge is -2.33. The van der Waals surface area contributed by atoms with Gasteiger partial charge in [-0.3, -0.25) is 4.90 Å². The number of aryl methyl sites for hydroxylation is 1. The van der Waals surface area contributed by atoms with Crippen molar-refractivity contribution < 1.29 is 26.4 Å². The third kappa shape index (κ3) is 5.36. The van der Waals surface area contributed by atoms with E-state index >= 15 is 0 Å². The molecule has 8 nitrogen and oxygen atoms in total. The number of hydrogen-bond acceptors (Lipinski definition) is 6. The molecule has 2 aromatic carbocycles. The van der Waals surface area contributed by atoms with Crippen molar-refractivity contribution in [2.45, 2.75) is 19.9 Å². The van der Waals surface area contributed by atoms with Crippen molar-refractivity contribution in [1.29, 1.82) is 0 Å². The summed E-state index contributed by atoms with van der Waals surface area (Å²) in [5.41, 5.74) is 2.99. The summed E-state index contributed by atoms with van der Waals surface area (Å²) in [6, 6.07) is 14.0. The van der Waals surface area contributed by atoms with Crippen LogP contribution in [-0.4, -0.2) is 54.1 Å². The van der Waals surface area contributed by atoms with Crippen molar-refractivity contribution in [2.24, 2.45) is 0 Å². The number of hydrogen-bond donors (Lipinski definition) is 0. The molecule has 0 radical (unpaired) electrons. The molecule has 2 amide bonds. The van der Waals surface area contributed by atoms with Gasteiger partial charge in [0.15, 0.2) is 9.84 Å². The van der Waals surface area contributed by atoms with Crippen LogP contribution in [0.5, 0.6) is 0 Å². The minimum absolute atomic E-state index is 0.0159. The fraction of sp³-hybridized carbons (Fsp3) is 0.318. The first-order chi connectivity index (χ1) is 15.7.